The van der Waals surface area contributed by atoms with Crippen LogP contribution in [-0.2, 0) is 5.75 Å². The molecular formula is C22H17N5O2S2. The van der Waals surface area contributed by atoms with Gasteiger partial charge in [0, 0.05) is 11.3 Å². The fourth-order valence-corrected chi connectivity index (χ4v) is 4.52. The van der Waals surface area contributed by atoms with E-state index in [0.29, 0.717) is 17.5 Å². The smallest absolute Gasteiger partial charge is 0.237 e. The number of thioether (sulfide) groups is 1. The first-order valence-corrected chi connectivity index (χ1v) is 11.3. The average Bonchev–Trinajstić information content (AvgIpc) is 3.59. The van der Waals surface area contributed by atoms with Crippen LogP contribution >= 0.6 is 23.1 Å². The van der Waals surface area contributed by atoms with Crippen molar-refractivity contribution in [2.75, 3.05) is 7.11 Å². The highest BCUT2D eigenvalue weighted by Crippen LogP contribution is 2.31. The van der Waals surface area contributed by atoms with E-state index in [0.717, 1.165) is 32.9 Å². The molecule has 2 aromatic carbocycles. The molecule has 31 heavy (non-hydrogen) atoms. The molecule has 0 saturated heterocycles. The van der Waals surface area contributed by atoms with Gasteiger partial charge >= 0.3 is 0 Å². The fraction of sp³-hybridized carbons (Fsp3) is 0.0909. The molecule has 5 rings (SSSR count). The number of aromatic nitrogens is 5. The molecule has 0 fully saturated rings. The molecule has 0 aliphatic rings. The van der Waals surface area contributed by atoms with Crippen molar-refractivity contribution in [1.82, 2.24) is 24.9 Å². The van der Waals surface area contributed by atoms with E-state index >= 15 is 0 Å². The lowest BCUT2D eigenvalue weighted by atomic mass is 10.2. The van der Waals surface area contributed by atoms with Crippen LogP contribution in [0, 0.1) is 0 Å². The van der Waals surface area contributed by atoms with E-state index in [-0.39, 0.29) is 0 Å². The molecule has 3 heterocycles. The quantitative estimate of drug-likeness (QED) is 0.311. The third-order valence-corrected chi connectivity index (χ3v) is 6.31. The van der Waals surface area contributed by atoms with Gasteiger partial charge in [0.25, 0.3) is 0 Å². The molecule has 0 saturated carbocycles. The Bertz CT molecular complexity index is 1270. The van der Waals surface area contributed by atoms with Crippen LogP contribution in [0.5, 0.6) is 5.75 Å². The first kappa shape index (κ1) is 19.5. The third-order valence-electron chi connectivity index (χ3n) is 4.53. The van der Waals surface area contributed by atoms with Crippen LogP contribution in [-0.4, -0.2) is 32.0 Å². The standard InChI is InChI=1S/C22H17N5O2S2/c1-28-17-11-9-15(10-12-17)20-23-19(29-26-20)14-31-22-25-24-21(18-8-5-13-30-18)27(22)16-6-3-2-4-7-16/h2-13H,14H2,1H3. The number of methoxy groups -OCH3 is 1. The molecular weight excluding hydrogens is 430 g/mol. The maximum absolute atomic E-state index is 5.45. The second-order valence-electron chi connectivity index (χ2n) is 6.48. The van der Waals surface area contributed by atoms with Gasteiger partial charge in [0.05, 0.1) is 17.7 Å². The summed E-state index contributed by atoms with van der Waals surface area (Å²) in [5.74, 6) is 3.15. The predicted molar refractivity (Wildman–Crippen MR) is 121 cm³/mol. The number of thiophene rings is 1. The van der Waals surface area contributed by atoms with Crippen molar-refractivity contribution < 1.29 is 9.26 Å². The van der Waals surface area contributed by atoms with E-state index in [1.807, 2.05) is 72.1 Å². The molecule has 0 radical (unpaired) electrons. The Balaban J connectivity index is 1.39. The number of rotatable bonds is 7. The van der Waals surface area contributed by atoms with Gasteiger partial charge in [-0.15, -0.1) is 21.5 Å². The molecule has 0 atom stereocenters. The molecule has 0 spiro atoms. The molecule has 0 aliphatic heterocycles. The van der Waals surface area contributed by atoms with E-state index in [4.69, 9.17) is 9.26 Å². The van der Waals surface area contributed by atoms with Gasteiger partial charge in [-0.3, -0.25) is 4.57 Å². The van der Waals surface area contributed by atoms with Gasteiger partial charge in [-0.2, -0.15) is 4.98 Å². The molecule has 0 unspecified atom stereocenters. The summed E-state index contributed by atoms with van der Waals surface area (Å²) in [6, 6.07) is 21.7. The molecule has 0 amide bonds. The van der Waals surface area contributed by atoms with Crippen molar-refractivity contribution in [2.45, 2.75) is 10.9 Å². The maximum Gasteiger partial charge on any atom is 0.237 e. The van der Waals surface area contributed by atoms with Gasteiger partial charge in [0.2, 0.25) is 11.7 Å². The Kier molecular flexibility index (Phi) is 5.51. The molecule has 9 heteroatoms. The number of hydrogen-bond acceptors (Lipinski definition) is 8. The topological polar surface area (TPSA) is 78.9 Å². The zero-order valence-corrected chi connectivity index (χ0v) is 18.1. The Hall–Kier alpha value is -3.43. The Morgan fingerprint density at radius 3 is 2.58 bits per heavy atom. The lowest BCUT2D eigenvalue weighted by Crippen LogP contribution is -1.98. The summed E-state index contributed by atoms with van der Waals surface area (Å²) < 4.78 is 12.7. The first-order chi connectivity index (χ1) is 15.3. The summed E-state index contributed by atoms with van der Waals surface area (Å²) >= 11 is 3.14. The zero-order valence-electron chi connectivity index (χ0n) is 16.5. The van der Waals surface area contributed by atoms with Gasteiger partial charge in [0.15, 0.2) is 11.0 Å². The van der Waals surface area contributed by atoms with Gasteiger partial charge in [-0.1, -0.05) is 41.2 Å². The minimum Gasteiger partial charge on any atom is -0.497 e. The summed E-state index contributed by atoms with van der Waals surface area (Å²) in [6.07, 6.45) is 0. The van der Waals surface area contributed by atoms with Crippen molar-refractivity contribution in [3.8, 4) is 33.5 Å². The summed E-state index contributed by atoms with van der Waals surface area (Å²) in [5, 5.41) is 15.8. The summed E-state index contributed by atoms with van der Waals surface area (Å²) in [4.78, 5) is 5.57. The number of benzene rings is 2. The first-order valence-electron chi connectivity index (χ1n) is 9.46. The maximum atomic E-state index is 5.45. The number of ether oxygens (including phenoxy) is 1. The van der Waals surface area contributed by atoms with Gasteiger partial charge in [-0.05, 0) is 47.8 Å². The summed E-state index contributed by atoms with van der Waals surface area (Å²) in [5.41, 5.74) is 1.87. The minimum absolute atomic E-state index is 0.485. The highest BCUT2D eigenvalue weighted by molar-refractivity contribution is 7.98. The number of para-hydroxylation sites is 1. The molecule has 7 nitrogen and oxygen atoms in total. The Morgan fingerprint density at radius 2 is 1.84 bits per heavy atom. The Labute approximate surface area is 186 Å². The summed E-state index contributed by atoms with van der Waals surface area (Å²) in [6.45, 7) is 0. The van der Waals surface area contributed by atoms with Crippen molar-refractivity contribution >= 4 is 23.1 Å². The zero-order chi connectivity index (χ0) is 21.0. The van der Waals surface area contributed by atoms with Crippen molar-refractivity contribution in [2.24, 2.45) is 0 Å². The second-order valence-corrected chi connectivity index (χ2v) is 8.37. The molecule has 0 aliphatic carbocycles. The highest BCUT2D eigenvalue weighted by atomic mass is 32.2. The van der Waals surface area contributed by atoms with Gasteiger partial charge in [0.1, 0.15) is 5.75 Å². The molecule has 0 bridgehead atoms. The third kappa shape index (κ3) is 4.10. The van der Waals surface area contributed by atoms with Crippen LogP contribution in [0.15, 0.2) is 81.8 Å². The predicted octanol–water partition coefficient (Wildman–Crippen LogP) is 5.35. The van der Waals surface area contributed by atoms with Crippen molar-refractivity contribution in [3.05, 3.63) is 78.0 Å². The molecule has 0 N–H and O–H groups in total. The van der Waals surface area contributed by atoms with Crippen LogP contribution in [0.2, 0.25) is 0 Å². The normalized spacial score (nSPS) is 11.0. The van der Waals surface area contributed by atoms with Crippen LogP contribution in [0.25, 0.3) is 27.8 Å². The van der Waals surface area contributed by atoms with E-state index in [1.54, 1.807) is 18.4 Å². The van der Waals surface area contributed by atoms with Crippen LogP contribution in [0.4, 0.5) is 0 Å². The molecule has 154 valence electrons. The lowest BCUT2D eigenvalue weighted by molar-refractivity contribution is 0.391. The van der Waals surface area contributed by atoms with E-state index in [1.165, 1.54) is 11.8 Å². The number of nitrogens with zero attached hydrogens (tertiary/aromatic N) is 5. The van der Waals surface area contributed by atoms with Crippen LogP contribution < -0.4 is 4.74 Å². The SMILES string of the molecule is COc1ccc(-c2noc(CSc3nnc(-c4cccs4)n3-c3ccccc3)n2)cc1. The van der Waals surface area contributed by atoms with Gasteiger partial charge < -0.3 is 9.26 Å². The highest BCUT2D eigenvalue weighted by Gasteiger charge is 2.18. The minimum atomic E-state index is 0.485. The second kappa shape index (κ2) is 8.75. The van der Waals surface area contributed by atoms with Crippen molar-refractivity contribution in [3.63, 3.8) is 0 Å². The monoisotopic (exact) mass is 447 g/mol. The average molecular weight is 448 g/mol. The van der Waals surface area contributed by atoms with Gasteiger partial charge in [-0.25, -0.2) is 0 Å². The van der Waals surface area contributed by atoms with Crippen LogP contribution in [0.3, 0.4) is 0 Å². The summed E-state index contributed by atoms with van der Waals surface area (Å²) in [7, 11) is 1.64. The molecule has 3 aromatic heterocycles. The van der Waals surface area contributed by atoms with Crippen LogP contribution in [0.1, 0.15) is 5.89 Å². The largest absolute Gasteiger partial charge is 0.497 e. The molecule has 5 aromatic rings. The number of hydrogen-bond donors (Lipinski definition) is 0. The fourth-order valence-electron chi connectivity index (χ4n) is 3.04. The van der Waals surface area contributed by atoms with Crippen molar-refractivity contribution in [1.29, 1.82) is 0 Å². The lowest BCUT2D eigenvalue weighted by Gasteiger charge is -2.08. The van der Waals surface area contributed by atoms with E-state index < -0.39 is 0 Å². The van der Waals surface area contributed by atoms with E-state index in [2.05, 4.69) is 24.9 Å². The van der Waals surface area contributed by atoms with E-state index in [9.17, 15) is 0 Å². The Morgan fingerprint density at radius 1 is 1.00 bits per heavy atom.